The smallest absolute Gasteiger partial charge is 0.137 e. The van der Waals surface area contributed by atoms with Crippen molar-refractivity contribution in [3.63, 3.8) is 0 Å². The molecular weight excluding hydrogens is 260 g/mol. The highest BCUT2D eigenvalue weighted by Crippen LogP contribution is 2.22. The second-order valence-corrected chi connectivity index (χ2v) is 4.09. The van der Waals surface area contributed by atoms with Gasteiger partial charge in [0, 0.05) is 0 Å². The Morgan fingerprint density at radius 1 is 1.60 bits per heavy atom. The largest absolute Gasteiger partial charge is 0.506 e. The van der Waals surface area contributed by atoms with Crippen molar-refractivity contribution in [2.24, 2.45) is 0 Å². The summed E-state index contributed by atoms with van der Waals surface area (Å²) in [5, 5.41) is 9.35. The van der Waals surface area contributed by atoms with Crippen LogP contribution in [0.4, 0.5) is 0 Å². The van der Waals surface area contributed by atoms with Gasteiger partial charge in [-0.3, -0.25) is 9.20 Å². The maximum atomic E-state index is 11.0. The van der Waals surface area contributed by atoms with Crippen LogP contribution in [0.1, 0.15) is 12.7 Å². The first kappa shape index (κ1) is 10.2. The first-order valence-corrected chi connectivity index (χ1v) is 5.22. The molecule has 0 aliphatic rings. The highest BCUT2D eigenvalue weighted by molar-refractivity contribution is 9.10. The van der Waals surface area contributed by atoms with Crippen LogP contribution < -0.4 is 0 Å². The van der Waals surface area contributed by atoms with Crippen molar-refractivity contribution in [2.45, 2.75) is 13.3 Å². The molecule has 78 valence electrons. The quantitative estimate of drug-likeness (QED) is 0.906. The van der Waals surface area contributed by atoms with Crippen LogP contribution >= 0.6 is 15.9 Å². The van der Waals surface area contributed by atoms with Gasteiger partial charge in [0.05, 0.1) is 18.1 Å². The number of fused-ring (bicyclic) bond motifs is 1. The SMILES string of the molecule is CC(=O)Cc1nc(Br)c2ccc(O)cn12. The topological polar surface area (TPSA) is 54.6 Å². The lowest BCUT2D eigenvalue weighted by molar-refractivity contribution is -0.116. The van der Waals surface area contributed by atoms with Gasteiger partial charge in [0.25, 0.3) is 0 Å². The van der Waals surface area contributed by atoms with Gasteiger partial charge in [0.15, 0.2) is 0 Å². The first-order chi connectivity index (χ1) is 7.08. The summed E-state index contributed by atoms with van der Waals surface area (Å²) in [6.07, 6.45) is 1.81. The minimum absolute atomic E-state index is 0.0396. The molecular formula is C10H9BrN2O2. The van der Waals surface area contributed by atoms with Crippen molar-refractivity contribution in [3.05, 3.63) is 28.8 Å². The lowest BCUT2D eigenvalue weighted by Gasteiger charge is -1.99. The van der Waals surface area contributed by atoms with Gasteiger partial charge in [-0.2, -0.15) is 0 Å². The molecule has 1 N–H and O–H groups in total. The molecule has 2 aromatic heterocycles. The molecule has 2 aromatic rings. The van der Waals surface area contributed by atoms with E-state index in [9.17, 15) is 9.90 Å². The summed E-state index contributed by atoms with van der Waals surface area (Å²) in [7, 11) is 0. The second-order valence-electron chi connectivity index (χ2n) is 3.34. The highest BCUT2D eigenvalue weighted by Gasteiger charge is 2.10. The molecule has 4 nitrogen and oxygen atoms in total. The lowest BCUT2D eigenvalue weighted by Crippen LogP contribution is -2.01. The van der Waals surface area contributed by atoms with Gasteiger partial charge in [0.2, 0.25) is 0 Å². The highest BCUT2D eigenvalue weighted by atomic mass is 79.9. The molecule has 2 heterocycles. The summed E-state index contributed by atoms with van der Waals surface area (Å²) in [6, 6.07) is 3.33. The molecule has 0 radical (unpaired) electrons. The molecule has 0 aliphatic carbocycles. The first-order valence-electron chi connectivity index (χ1n) is 4.43. The number of carbonyl (C=O) groups excluding carboxylic acids is 1. The Morgan fingerprint density at radius 3 is 3.00 bits per heavy atom. The number of aromatic nitrogens is 2. The number of imidazole rings is 1. The molecule has 0 saturated carbocycles. The fraction of sp³-hybridized carbons (Fsp3) is 0.200. The molecule has 0 bridgehead atoms. The standard InChI is InChI=1S/C10H9BrN2O2/c1-6(14)4-9-12-10(11)8-3-2-7(15)5-13(8)9/h2-3,5,15H,4H2,1H3. The summed E-state index contributed by atoms with van der Waals surface area (Å²) in [5.41, 5.74) is 0.837. The van der Waals surface area contributed by atoms with Crippen LogP contribution in [0.3, 0.4) is 0 Å². The van der Waals surface area contributed by atoms with Crippen molar-refractivity contribution >= 4 is 27.2 Å². The van der Waals surface area contributed by atoms with Crippen molar-refractivity contribution in [3.8, 4) is 5.75 Å². The van der Waals surface area contributed by atoms with Crippen molar-refractivity contribution < 1.29 is 9.90 Å². The molecule has 0 atom stereocenters. The predicted octanol–water partition coefficient (Wildman–Crippen LogP) is 1.93. The van der Waals surface area contributed by atoms with Gasteiger partial charge in [-0.05, 0) is 35.0 Å². The van der Waals surface area contributed by atoms with Crippen LogP contribution in [0.2, 0.25) is 0 Å². The maximum absolute atomic E-state index is 11.0. The zero-order valence-electron chi connectivity index (χ0n) is 8.07. The Kier molecular flexibility index (Phi) is 2.48. The number of Topliss-reactive ketones (excluding diaryl/α,β-unsaturated/α-hetero) is 1. The number of hydrogen-bond acceptors (Lipinski definition) is 3. The normalized spacial score (nSPS) is 10.8. The van der Waals surface area contributed by atoms with E-state index in [1.165, 1.54) is 6.92 Å². The number of nitrogens with zero attached hydrogens (tertiary/aromatic N) is 2. The van der Waals surface area contributed by atoms with Crippen LogP contribution in [0.15, 0.2) is 22.9 Å². The molecule has 0 aromatic carbocycles. The number of ketones is 1. The fourth-order valence-corrected chi connectivity index (χ4v) is 1.97. The number of halogens is 1. The molecule has 0 amide bonds. The number of rotatable bonds is 2. The van der Waals surface area contributed by atoms with Crippen LogP contribution in [-0.4, -0.2) is 20.3 Å². The summed E-state index contributed by atoms with van der Waals surface area (Å²) in [4.78, 5) is 15.2. The molecule has 15 heavy (non-hydrogen) atoms. The maximum Gasteiger partial charge on any atom is 0.137 e. The van der Waals surface area contributed by atoms with E-state index in [4.69, 9.17) is 0 Å². The summed E-state index contributed by atoms with van der Waals surface area (Å²) < 4.78 is 2.39. The van der Waals surface area contributed by atoms with E-state index < -0.39 is 0 Å². The Morgan fingerprint density at radius 2 is 2.33 bits per heavy atom. The van der Waals surface area contributed by atoms with E-state index in [1.807, 2.05) is 0 Å². The molecule has 0 spiro atoms. The molecule has 2 rings (SSSR count). The minimum Gasteiger partial charge on any atom is -0.506 e. The Bertz CT molecular complexity index is 533. The molecule has 0 saturated heterocycles. The van der Waals surface area contributed by atoms with E-state index in [2.05, 4.69) is 20.9 Å². The number of carbonyl (C=O) groups is 1. The van der Waals surface area contributed by atoms with E-state index in [0.29, 0.717) is 10.4 Å². The Labute approximate surface area is 94.7 Å². The second kappa shape index (κ2) is 3.66. The Balaban J connectivity index is 2.64. The molecule has 5 heteroatoms. The summed E-state index contributed by atoms with van der Waals surface area (Å²) in [6.45, 7) is 1.51. The minimum atomic E-state index is 0.0396. The third-order valence-corrected chi connectivity index (χ3v) is 2.64. The van der Waals surface area contributed by atoms with Crippen LogP contribution in [0.25, 0.3) is 5.52 Å². The van der Waals surface area contributed by atoms with Gasteiger partial charge in [0.1, 0.15) is 22.0 Å². The van der Waals surface area contributed by atoms with Gasteiger partial charge >= 0.3 is 0 Å². The van der Waals surface area contributed by atoms with Gasteiger partial charge < -0.3 is 5.11 Å². The third kappa shape index (κ3) is 1.87. The van der Waals surface area contributed by atoms with Crippen LogP contribution in [0, 0.1) is 0 Å². The summed E-state index contributed by atoms with van der Waals surface area (Å²) >= 11 is 3.31. The van der Waals surface area contributed by atoms with Gasteiger partial charge in [-0.15, -0.1) is 0 Å². The van der Waals surface area contributed by atoms with Crippen molar-refractivity contribution in [1.29, 1.82) is 0 Å². The zero-order valence-corrected chi connectivity index (χ0v) is 9.65. The fourth-order valence-electron chi connectivity index (χ4n) is 1.44. The molecule has 0 aliphatic heterocycles. The van der Waals surface area contributed by atoms with Gasteiger partial charge in [-0.1, -0.05) is 0 Å². The van der Waals surface area contributed by atoms with Crippen LogP contribution in [0.5, 0.6) is 5.75 Å². The van der Waals surface area contributed by atoms with E-state index in [0.717, 1.165) is 5.52 Å². The van der Waals surface area contributed by atoms with Crippen molar-refractivity contribution in [2.75, 3.05) is 0 Å². The van der Waals surface area contributed by atoms with Crippen LogP contribution in [-0.2, 0) is 11.2 Å². The molecule has 0 fully saturated rings. The number of aromatic hydroxyl groups is 1. The van der Waals surface area contributed by atoms with Crippen molar-refractivity contribution in [1.82, 2.24) is 9.38 Å². The third-order valence-electron chi connectivity index (χ3n) is 2.06. The van der Waals surface area contributed by atoms with Gasteiger partial charge in [-0.25, -0.2) is 4.98 Å². The average Bonchev–Trinajstić information content (AvgIpc) is 2.42. The molecule has 0 unspecified atom stereocenters. The zero-order chi connectivity index (χ0) is 11.0. The predicted molar refractivity (Wildman–Crippen MR) is 58.9 cm³/mol. The van der Waals surface area contributed by atoms with E-state index in [1.54, 1.807) is 22.7 Å². The lowest BCUT2D eigenvalue weighted by atomic mass is 10.3. The number of pyridine rings is 1. The summed E-state index contributed by atoms with van der Waals surface area (Å²) in [5.74, 6) is 0.815. The average molecular weight is 269 g/mol. The monoisotopic (exact) mass is 268 g/mol. The van der Waals surface area contributed by atoms with E-state index >= 15 is 0 Å². The van der Waals surface area contributed by atoms with E-state index in [-0.39, 0.29) is 18.0 Å². The number of hydrogen-bond donors (Lipinski definition) is 1. The Hall–Kier alpha value is -1.36.